The number of benzene rings is 1. The molecule has 0 amide bonds. The van der Waals surface area contributed by atoms with Crippen LogP contribution in [0.25, 0.3) is 0 Å². The van der Waals surface area contributed by atoms with E-state index in [4.69, 9.17) is 0 Å². The standard InChI is InChI=1S/C12H18FN/c1-4-10(3)14-8-11-5-6-12(13)7-9(11)2/h5-7,10,14H,4,8H2,1-3H3. The lowest BCUT2D eigenvalue weighted by molar-refractivity contribution is 0.532. The summed E-state index contributed by atoms with van der Waals surface area (Å²) in [6, 6.07) is 5.45. The van der Waals surface area contributed by atoms with Crippen molar-refractivity contribution in [2.45, 2.75) is 39.8 Å². The molecule has 0 aliphatic heterocycles. The monoisotopic (exact) mass is 195 g/mol. The lowest BCUT2D eigenvalue weighted by Crippen LogP contribution is -2.24. The van der Waals surface area contributed by atoms with Crippen LogP contribution in [0.4, 0.5) is 4.39 Å². The van der Waals surface area contributed by atoms with Gasteiger partial charge in [0.2, 0.25) is 0 Å². The smallest absolute Gasteiger partial charge is 0.123 e. The molecule has 0 radical (unpaired) electrons. The number of aryl methyl sites for hydroxylation is 1. The molecule has 14 heavy (non-hydrogen) atoms. The molecule has 1 aromatic rings. The topological polar surface area (TPSA) is 12.0 Å². The van der Waals surface area contributed by atoms with Crippen molar-refractivity contribution in [2.24, 2.45) is 0 Å². The molecule has 0 aliphatic rings. The van der Waals surface area contributed by atoms with Crippen LogP contribution in [0.1, 0.15) is 31.4 Å². The molecule has 1 unspecified atom stereocenters. The third kappa shape index (κ3) is 3.11. The van der Waals surface area contributed by atoms with Crippen molar-refractivity contribution in [1.29, 1.82) is 0 Å². The van der Waals surface area contributed by atoms with Gasteiger partial charge in [0.05, 0.1) is 0 Å². The van der Waals surface area contributed by atoms with Gasteiger partial charge in [-0.05, 0) is 43.5 Å². The molecule has 1 nitrogen and oxygen atoms in total. The molecule has 0 heterocycles. The Labute approximate surface area is 85.3 Å². The van der Waals surface area contributed by atoms with Crippen LogP contribution in [0.2, 0.25) is 0 Å². The van der Waals surface area contributed by atoms with Gasteiger partial charge in [0.25, 0.3) is 0 Å². The van der Waals surface area contributed by atoms with Crippen LogP contribution in [0.3, 0.4) is 0 Å². The van der Waals surface area contributed by atoms with E-state index in [0.29, 0.717) is 6.04 Å². The zero-order chi connectivity index (χ0) is 10.6. The van der Waals surface area contributed by atoms with Gasteiger partial charge in [-0.25, -0.2) is 4.39 Å². The van der Waals surface area contributed by atoms with E-state index in [1.54, 1.807) is 6.07 Å². The Kier molecular flexibility index (Phi) is 4.08. The van der Waals surface area contributed by atoms with Crippen LogP contribution < -0.4 is 5.32 Å². The maximum atomic E-state index is 12.8. The van der Waals surface area contributed by atoms with Crippen LogP contribution in [0.15, 0.2) is 18.2 Å². The first kappa shape index (κ1) is 11.2. The predicted molar refractivity (Wildman–Crippen MR) is 57.7 cm³/mol. The Hall–Kier alpha value is -0.890. The van der Waals surface area contributed by atoms with Gasteiger partial charge >= 0.3 is 0 Å². The lowest BCUT2D eigenvalue weighted by atomic mass is 10.1. The van der Waals surface area contributed by atoms with Crippen LogP contribution in [-0.4, -0.2) is 6.04 Å². The molecule has 0 aliphatic carbocycles. The van der Waals surface area contributed by atoms with Crippen molar-refractivity contribution in [3.05, 3.63) is 35.1 Å². The maximum Gasteiger partial charge on any atom is 0.123 e. The first-order valence-electron chi connectivity index (χ1n) is 5.12. The SMILES string of the molecule is CCC(C)NCc1ccc(F)cc1C. The van der Waals surface area contributed by atoms with Crippen molar-refractivity contribution in [3.8, 4) is 0 Å². The summed E-state index contributed by atoms with van der Waals surface area (Å²) in [5.41, 5.74) is 2.19. The number of hydrogen-bond acceptors (Lipinski definition) is 1. The Morgan fingerprint density at radius 2 is 2.14 bits per heavy atom. The van der Waals surface area contributed by atoms with Gasteiger partial charge in [0.1, 0.15) is 5.82 Å². The van der Waals surface area contributed by atoms with Crippen molar-refractivity contribution in [3.63, 3.8) is 0 Å². The van der Waals surface area contributed by atoms with Gasteiger partial charge in [0, 0.05) is 12.6 Å². The van der Waals surface area contributed by atoms with Gasteiger partial charge in [-0.3, -0.25) is 0 Å². The minimum atomic E-state index is -0.158. The molecule has 0 saturated heterocycles. The average molecular weight is 195 g/mol. The van der Waals surface area contributed by atoms with Crippen molar-refractivity contribution < 1.29 is 4.39 Å². The van der Waals surface area contributed by atoms with Crippen LogP contribution in [0, 0.1) is 12.7 Å². The molecule has 1 atom stereocenters. The second-order valence-electron chi connectivity index (χ2n) is 3.76. The maximum absolute atomic E-state index is 12.8. The van der Waals surface area contributed by atoms with E-state index in [2.05, 4.69) is 19.2 Å². The van der Waals surface area contributed by atoms with E-state index in [9.17, 15) is 4.39 Å². The van der Waals surface area contributed by atoms with E-state index in [1.165, 1.54) is 11.6 Å². The van der Waals surface area contributed by atoms with Crippen molar-refractivity contribution >= 4 is 0 Å². The summed E-state index contributed by atoms with van der Waals surface area (Å²) in [5, 5.41) is 3.39. The van der Waals surface area contributed by atoms with E-state index in [1.807, 2.05) is 13.0 Å². The second kappa shape index (κ2) is 5.11. The highest BCUT2D eigenvalue weighted by atomic mass is 19.1. The van der Waals surface area contributed by atoms with Gasteiger partial charge in [0.15, 0.2) is 0 Å². The molecule has 1 aromatic carbocycles. The first-order chi connectivity index (χ1) is 6.63. The summed E-state index contributed by atoms with van der Waals surface area (Å²) in [6.45, 7) is 7.06. The summed E-state index contributed by atoms with van der Waals surface area (Å²) in [7, 11) is 0. The molecule has 0 fully saturated rings. The molecule has 0 spiro atoms. The van der Waals surface area contributed by atoms with Gasteiger partial charge in [-0.2, -0.15) is 0 Å². The molecule has 0 saturated carbocycles. The quantitative estimate of drug-likeness (QED) is 0.778. The van der Waals surface area contributed by atoms with Crippen molar-refractivity contribution in [1.82, 2.24) is 5.32 Å². The molecule has 1 rings (SSSR count). The first-order valence-corrected chi connectivity index (χ1v) is 5.12. The summed E-state index contributed by atoms with van der Waals surface area (Å²) < 4.78 is 12.8. The van der Waals surface area contributed by atoms with Gasteiger partial charge in [-0.15, -0.1) is 0 Å². The zero-order valence-corrected chi connectivity index (χ0v) is 9.10. The molecule has 78 valence electrons. The van der Waals surface area contributed by atoms with Gasteiger partial charge in [-0.1, -0.05) is 13.0 Å². The Morgan fingerprint density at radius 1 is 1.43 bits per heavy atom. The highest BCUT2D eigenvalue weighted by molar-refractivity contribution is 5.26. The van der Waals surface area contributed by atoms with E-state index < -0.39 is 0 Å². The molecular weight excluding hydrogens is 177 g/mol. The number of rotatable bonds is 4. The third-order valence-electron chi connectivity index (χ3n) is 2.56. The highest BCUT2D eigenvalue weighted by Crippen LogP contribution is 2.10. The fourth-order valence-electron chi connectivity index (χ4n) is 1.29. The van der Waals surface area contributed by atoms with Crippen molar-refractivity contribution in [2.75, 3.05) is 0 Å². The van der Waals surface area contributed by atoms with E-state index in [0.717, 1.165) is 18.5 Å². The Morgan fingerprint density at radius 3 is 2.71 bits per heavy atom. The number of halogens is 1. The molecule has 1 N–H and O–H groups in total. The fraction of sp³-hybridized carbons (Fsp3) is 0.500. The minimum absolute atomic E-state index is 0.158. The zero-order valence-electron chi connectivity index (χ0n) is 9.10. The fourth-order valence-corrected chi connectivity index (χ4v) is 1.29. The summed E-state index contributed by atoms with van der Waals surface area (Å²) in [4.78, 5) is 0. The van der Waals surface area contributed by atoms with E-state index >= 15 is 0 Å². The lowest BCUT2D eigenvalue weighted by Gasteiger charge is -2.12. The molecule has 2 heteroatoms. The normalized spacial score (nSPS) is 12.9. The minimum Gasteiger partial charge on any atom is -0.310 e. The second-order valence-corrected chi connectivity index (χ2v) is 3.76. The largest absolute Gasteiger partial charge is 0.310 e. The highest BCUT2D eigenvalue weighted by Gasteiger charge is 2.01. The predicted octanol–water partition coefficient (Wildman–Crippen LogP) is 3.02. The van der Waals surface area contributed by atoms with Crippen LogP contribution >= 0.6 is 0 Å². The third-order valence-corrected chi connectivity index (χ3v) is 2.56. The summed E-state index contributed by atoms with van der Waals surface area (Å²) in [6.07, 6.45) is 1.11. The van der Waals surface area contributed by atoms with Crippen LogP contribution in [0.5, 0.6) is 0 Å². The van der Waals surface area contributed by atoms with Crippen LogP contribution in [-0.2, 0) is 6.54 Å². The van der Waals surface area contributed by atoms with Gasteiger partial charge < -0.3 is 5.32 Å². The number of hydrogen-bond donors (Lipinski definition) is 1. The molecule has 0 aromatic heterocycles. The summed E-state index contributed by atoms with van der Waals surface area (Å²) in [5.74, 6) is -0.158. The Balaban J connectivity index is 2.59. The molecule has 0 bridgehead atoms. The Bertz CT molecular complexity index is 296. The number of nitrogens with one attached hydrogen (secondary N) is 1. The summed E-state index contributed by atoms with van der Waals surface area (Å²) >= 11 is 0. The molecular formula is C12H18FN. The van der Waals surface area contributed by atoms with E-state index in [-0.39, 0.29) is 5.82 Å². The average Bonchev–Trinajstić information content (AvgIpc) is 2.16.